The summed E-state index contributed by atoms with van der Waals surface area (Å²) in [5.74, 6) is 0.0493. The standard InChI is InChI=1S/C26H25N3O2S/c1-17-13-14-23(18(2)15-17)29-25(31)21-11-7-8-12-22(21)28-26(29)32-16-24(30)27-19(3)20-9-5-4-6-10-20/h4-15,19H,16H2,1-3H3,(H,27,30)/t19-/m1/s1. The second-order valence-electron chi connectivity index (χ2n) is 7.83. The van der Waals surface area contributed by atoms with Gasteiger partial charge >= 0.3 is 0 Å². The highest BCUT2D eigenvalue weighted by atomic mass is 32.2. The molecule has 0 fully saturated rings. The number of aryl methyl sites for hydroxylation is 2. The van der Waals surface area contributed by atoms with E-state index in [1.54, 1.807) is 10.6 Å². The zero-order valence-electron chi connectivity index (χ0n) is 18.3. The summed E-state index contributed by atoms with van der Waals surface area (Å²) in [5.41, 5.74) is 4.41. The number of hydrogen-bond donors (Lipinski definition) is 1. The summed E-state index contributed by atoms with van der Waals surface area (Å²) in [6.45, 7) is 5.95. The molecule has 1 heterocycles. The molecule has 32 heavy (non-hydrogen) atoms. The molecule has 0 aliphatic carbocycles. The fraction of sp³-hybridized carbons (Fsp3) is 0.192. The maximum atomic E-state index is 13.4. The molecule has 3 aromatic carbocycles. The maximum Gasteiger partial charge on any atom is 0.266 e. The van der Waals surface area contributed by atoms with Crippen LogP contribution in [0.25, 0.3) is 16.6 Å². The van der Waals surface area contributed by atoms with Crippen molar-refractivity contribution in [3.05, 3.63) is 99.8 Å². The van der Waals surface area contributed by atoms with Gasteiger partial charge < -0.3 is 5.32 Å². The molecule has 0 spiro atoms. The SMILES string of the molecule is Cc1ccc(-n2c(SCC(=O)N[C@H](C)c3ccccc3)nc3ccccc3c2=O)c(C)c1. The molecule has 0 radical (unpaired) electrons. The van der Waals surface area contributed by atoms with Crippen molar-refractivity contribution >= 4 is 28.6 Å². The van der Waals surface area contributed by atoms with Crippen LogP contribution < -0.4 is 10.9 Å². The van der Waals surface area contributed by atoms with Crippen LogP contribution in [0.1, 0.15) is 29.7 Å². The first-order chi connectivity index (χ1) is 15.4. The molecule has 0 unspecified atom stereocenters. The number of carbonyl (C=O) groups is 1. The van der Waals surface area contributed by atoms with E-state index in [4.69, 9.17) is 4.98 Å². The molecule has 1 amide bonds. The van der Waals surface area contributed by atoms with Crippen molar-refractivity contribution in [2.24, 2.45) is 0 Å². The van der Waals surface area contributed by atoms with Crippen molar-refractivity contribution in [2.75, 3.05) is 5.75 Å². The van der Waals surface area contributed by atoms with E-state index in [0.29, 0.717) is 16.1 Å². The first kappa shape index (κ1) is 21.8. The summed E-state index contributed by atoms with van der Waals surface area (Å²) in [7, 11) is 0. The van der Waals surface area contributed by atoms with Gasteiger partial charge in [-0.15, -0.1) is 0 Å². The smallest absolute Gasteiger partial charge is 0.266 e. The minimum absolute atomic E-state index is 0.101. The van der Waals surface area contributed by atoms with Crippen LogP contribution in [0.15, 0.2) is 82.7 Å². The fourth-order valence-electron chi connectivity index (χ4n) is 3.72. The molecule has 0 aliphatic rings. The average Bonchev–Trinajstić information content (AvgIpc) is 2.79. The summed E-state index contributed by atoms with van der Waals surface area (Å²) in [6, 6.07) is 23.0. The van der Waals surface area contributed by atoms with Crippen molar-refractivity contribution < 1.29 is 4.79 Å². The molecule has 1 atom stereocenters. The minimum atomic E-state index is -0.136. The van der Waals surface area contributed by atoms with Crippen molar-refractivity contribution in [3.63, 3.8) is 0 Å². The van der Waals surface area contributed by atoms with E-state index in [1.807, 2.05) is 87.5 Å². The largest absolute Gasteiger partial charge is 0.349 e. The van der Waals surface area contributed by atoms with Gasteiger partial charge in [0.25, 0.3) is 5.56 Å². The Morgan fingerprint density at radius 2 is 1.75 bits per heavy atom. The Kier molecular flexibility index (Phi) is 6.42. The van der Waals surface area contributed by atoms with E-state index >= 15 is 0 Å². The third-order valence-electron chi connectivity index (χ3n) is 5.35. The minimum Gasteiger partial charge on any atom is -0.349 e. The van der Waals surface area contributed by atoms with Crippen molar-refractivity contribution in [1.29, 1.82) is 0 Å². The lowest BCUT2D eigenvalue weighted by Gasteiger charge is -2.17. The highest BCUT2D eigenvalue weighted by Crippen LogP contribution is 2.24. The molecule has 4 rings (SSSR count). The molecular weight excluding hydrogens is 418 g/mol. The van der Waals surface area contributed by atoms with E-state index in [2.05, 4.69) is 5.32 Å². The van der Waals surface area contributed by atoms with Crippen molar-refractivity contribution in [3.8, 4) is 5.69 Å². The number of amides is 1. The number of aromatic nitrogens is 2. The topological polar surface area (TPSA) is 64.0 Å². The molecule has 0 aliphatic heterocycles. The lowest BCUT2D eigenvalue weighted by molar-refractivity contribution is -0.119. The predicted octanol–water partition coefficient (Wildman–Crippen LogP) is 4.97. The fourth-order valence-corrected chi connectivity index (χ4v) is 4.53. The number of benzene rings is 3. The second-order valence-corrected chi connectivity index (χ2v) is 8.77. The van der Waals surface area contributed by atoms with Gasteiger partial charge in [-0.2, -0.15) is 0 Å². The van der Waals surface area contributed by atoms with Gasteiger partial charge in [0.1, 0.15) is 0 Å². The van der Waals surface area contributed by atoms with E-state index in [-0.39, 0.29) is 23.3 Å². The van der Waals surface area contributed by atoms with Gasteiger partial charge in [-0.25, -0.2) is 4.98 Å². The molecular formula is C26H25N3O2S. The Labute approximate surface area is 191 Å². The number of carbonyl (C=O) groups excluding carboxylic acids is 1. The molecule has 0 bridgehead atoms. The van der Waals surface area contributed by atoms with Crippen LogP contribution in [-0.2, 0) is 4.79 Å². The normalized spacial score (nSPS) is 12.0. The first-order valence-electron chi connectivity index (χ1n) is 10.5. The molecule has 1 aromatic heterocycles. The van der Waals surface area contributed by atoms with Gasteiger partial charge in [-0.05, 0) is 50.1 Å². The third-order valence-corrected chi connectivity index (χ3v) is 6.29. The highest BCUT2D eigenvalue weighted by molar-refractivity contribution is 7.99. The zero-order chi connectivity index (χ0) is 22.7. The summed E-state index contributed by atoms with van der Waals surface area (Å²) in [6.07, 6.45) is 0. The monoisotopic (exact) mass is 443 g/mol. The second kappa shape index (κ2) is 9.40. The number of hydrogen-bond acceptors (Lipinski definition) is 4. The lowest BCUT2D eigenvalue weighted by Crippen LogP contribution is -2.29. The van der Waals surface area contributed by atoms with Crippen LogP contribution in [0.5, 0.6) is 0 Å². The molecule has 1 N–H and O–H groups in total. The van der Waals surface area contributed by atoms with Crippen LogP contribution in [0, 0.1) is 13.8 Å². The van der Waals surface area contributed by atoms with Gasteiger partial charge in [-0.1, -0.05) is 71.9 Å². The Balaban J connectivity index is 1.65. The van der Waals surface area contributed by atoms with Crippen molar-refractivity contribution in [2.45, 2.75) is 32.0 Å². The van der Waals surface area contributed by atoms with Crippen LogP contribution in [0.2, 0.25) is 0 Å². The zero-order valence-corrected chi connectivity index (χ0v) is 19.1. The molecule has 4 aromatic rings. The van der Waals surface area contributed by atoms with Crippen LogP contribution in [-0.4, -0.2) is 21.2 Å². The van der Waals surface area contributed by atoms with E-state index in [9.17, 15) is 9.59 Å². The highest BCUT2D eigenvalue weighted by Gasteiger charge is 2.17. The van der Waals surface area contributed by atoms with Gasteiger partial charge in [0, 0.05) is 0 Å². The number of nitrogens with one attached hydrogen (secondary N) is 1. The summed E-state index contributed by atoms with van der Waals surface area (Å²) in [4.78, 5) is 30.8. The number of para-hydroxylation sites is 1. The average molecular weight is 444 g/mol. The Morgan fingerprint density at radius 1 is 1.03 bits per heavy atom. The van der Waals surface area contributed by atoms with Crippen LogP contribution in [0.4, 0.5) is 0 Å². The lowest BCUT2D eigenvalue weighted by atomic mass is 10.1. The molecule has 6 heteroatoms. The Morgan fingerprint density at radius 3 is 2.50 bits per heavy atom. The van der Waals surface area contributed by atoms with Crippen LogP contribution in [0.3, 0.4) is 0 Å². The molecule has 0 saturated carbocycles. The van der Waals surface area contributed by atoms with Gasteiger partial charge in [0.05, 0.1) is 28.4 Å². The number of thioether (sulfide) groups is 1. The maximum absolute atomic E-state index is 13.4. The van der Waals surface area contributed by atoms with E-state index in [1.165, 1.54) is 11.8 Å². The number of fused-ring (bicyclic) bond motifs is 1. The van der Waals surface area contributed by atoms with Gasteiger partial charge in [0.2, 0.25) is 5.91 Å². The molecule has 5 nitrogen and oxygen atoms in total. The van der Waals surface area contributed by atoms with Crippen LogP contribution >= 0.6 is 11.8 Å². The van der Waals surface area contributed by atoms with E-state index in [0.717, 1.165) is 22.4 Å². The molecule has 162 valence electrons. The quantitative estimate of drug-likeness (QED) is 0.337. The summed E-state index contributed by atoms with van der Waals surface area (Å²) < 4.78 is 1.62. The Bertz CT molecular complexity index is 1330. The Hall–Kier alpha value is -3.38. The third kappa shape index (κ3) is 4.60. The molecule has 0 saturated heterocycles. The summed E-state index contributed by atoms with van der Waals surface area (Å²) in [5, 5.41) is 4.08. The van der Waals surface area contributed by atoms with Gasteiger partial charge in [-0.3, -0.25) is 14.2 Å². The van der Waals surface area contributed by atoms with Crippen molar-refractivity contribution in [1.82, 2.24) is 14.9 Å². The first-order valence-corrected chi connectivity index (χ1v) is 11.5. The number of rotatable bonds is 6. The predicted molar refractivity (Wildman–Crippen MR) is 131 cm³/mol. The summed E-state index contributed by atoms with van der Waals surface area (Å²) >= 11 is 1.27. The number of nitrogens with zero attached hydrogens (tertiary/aromatic N) is 2. The van der Waals surface area contributed by atoms with E-state index < -0.39 is 0 Å². The van der Waals surface area contributed by atoms with Gasteiger partial charge in [0.15, 0.2) is 5.16 Å².